The monoisotopic (exact) mass is 512 g/mol. The fraction of sp³-hybridized carbons (Fsp3) is 0.0690. The number of aryl methyl sites for hydroxylation is 1. The van der Waals surface area contributed by atoms with Crippen molar-refractivity contribution in [2.75, 3.05) is 0 Å². The number of thiazole rings is 1. The fourth-order valence-electron chi connectivity index (χ4n) is 4.06. The number of aromatic nitrogens is 2. The lowest BCUT2D eigenvalue weighted by atomic mass is 10.1. The lowest BCUT2D eigenvalue weighted by Gasteiger charge is -2.06. The zero-order chi connectivity index (χ0) is 26.6. The van der Waals surface area contributed by atoms with E-state index in [0.717, 1.165) is 22.2 Å². The van der Waals surface area contributed by atoms with Crippen molar-refractivity contribution in [3.63, 3.8) is 0 Å². The van der Waals surface area contributed by atoms with Gasteiger partial charge in [-0.1, -0.05) is 12.1 Å². The predicted octanol–water partition coefficient (Wildman–Crippen LogP) is 7.17. The summed E-state index contributed by atoms with van der Waals surface area (Å²) < 4.78 is 14.2. The highest BCUT2D eigenvalue weighted by molar-refractivity contribution is 7.15. The Balaban J connectivity index is 1.48. The number of benzene rings is 1. The van der Waals surface area contributed by atoms with Crippen LogP contribution in [0.5, 0.6) is 0 Å². The van der Waals surface area contributed by atoms with E-state index in [9.17, 15) is 0 Å². The summed E-state index contributed by atoms with van der Waals surface area (Å²) in [5.74, 6) is 2.35. The maximum atomic E-state index is 9.01. The van der Waals surface area contributed by atoms with Gasteiger partial charge in [0, 0.05) is 40.2 Å². The molecule has 0 aliphatic heterocycles. The molecule has 4 heterocycles. The van der Waals surface area contributed by atoms with Crippen LogP contribution in [0.3, 0.4) is 0 Å². The minimum Gasteiger partial charge on any atom is -0.455 e. The van der Waals surface area contributed by atoms with Crippen LogP contribution >= 0.6 is 11.3 Å². The third kappa shape index (κ3) is 4.50. The van der Waals surface area contributed by atoms with E-state index in [0.29, 0.717) is 39.5 Å². The van der Waals surface area contributed by atoms with Crippen molar-refractivity contribution >= 4 is 34.4 Å². The van der Waals surface area contributed by atoms with Crippen molar-refractivity contribution in [2.24, 2.45) is 0 Å². The summed E-state index contributed by atoms with van der Waals surface area (Å²) in [6.45, 7) is 2.74. The van der Waals surface area contributed by atoms with Crippen molar-refractivity contribution < 1.29 is 8.83 Å². The maximum absolute atomic E-state index is 9.01. The molecule has 9 heteroatoms. The molecule has 0 unspecified atom stereocenters. The molecule has 0 atom stereocenters. The second kappa shape index (κ2) is 10.2. The summed E-state index contributed by atoms with van der Waals surface area (Å²) in [4.78, 5) is 5.06. The number of hydrogen-bond donors (Lipinski definition) is 0. The number of furan rings is 2. The Labute approximate surface area is 221 Å². The van der Waals surface area contributed by atoms with Gasteiger partial charge in [-0.3, -0.25) is 0 Å². The molecule has 38 heavy (non-hydrogen) atoms. The molecule has 0 amide bonds. The summed E-state index contributed by atoms with van der Waals surface area (Å²) in [6, 6.07) is 22.8. The number of hydrogen-bond acceptors (Lipinski definition) is 8. The molecule has 0 N–H and O–H groups in total. The third-order valence-corrected chi connectivity index (χ3v) is 6.74. The van der Waals surface area contributed by atoms with E-state index in [1.807, 2.05) is 67.6 Å². The second-order valence-corrected chi connectivity index (χ2v) is 9.11. The Kier molecular flexibility index (Phi) is 6.45. The minimum absolute atomic E-state index is 0.0169. The van der Waals surface area contributed by atoms with Gasteiger partial charge in [-0.2, -0.15) is 21.0 Å². The molecule has 4 aromatic heterocycles. The van der Waals surface area contributed by atoms with Gasteiger partial charge in [0.2, 0.25) is 0 Å². The van der Waals surface area contributed by atoms with Crippen LogP contribution in [0.15, 0.2) is 74.7 Å². The molecule has 0 aliphatic carbocycles. The zero-order valence-electron chi connectivity index (χ0n) is 20.0. The van der Waals surface area contributed by atoms with E-state index < -0.39 is 0 Å². The molecule has 5 aromatic rings. The molecule has 0 fully saturated rings. The van der Waals surface area contributed by atoms with Crippen molar-refractivity contribution in [3.8, 4) is 57.8 Å². The topological polar surface area (TPSA) is 139 Å². The number of allylic oxidation sites excluding steroid dienone is 2. The van der Waals surface area contributed by atoms with E-state index in [4.69, 9.17) is 29.9 Å². The summed E-state index contributed by atoms with van der Waals surface area (Å²) in [5.41, 5.74) is 2.77. The van der Waals surface area contributed by atoms with Gasteiger partial charge in [0.05, 0.1) is 5.69 Å². The zero-order valence-corrected chi connectivity index (χ0v) is 20.8. The van der Waals surface area contributed by atoms with Gasteiger partial charge in [-0.05, 0) is 49.4 Å². The molecule has 0 bridgehead atoms. The Morgan fingerprint density at radius 2 is 1.58 bits per heavy atom. The van der Waals surface area contributed by atoms with Crippen LogP contribution in [-0.4, -0.2) is 9.55 Å². The quantitative estimate of drug-likeness (QED) is 0.220. The second-order valence-electron chi connectivity index (χ2n) is 8.04. The molecule has 5 rings (SSSR count). The van der Waals surface area contributed by atoms with Crippen LogP contribution in [0.25, 0.3) is 56.6 Å². The van der Waals surface area contributed by atoms with Gasteiger partial charge < -0.3 is 13.4 Å². The van der Waals surface area contributed by atoms with Crippen LogP contribution in [0.1, 0.15) is 17.6 Å². The first-order valence-electron chi connectivity index (χ1n) is 11.4. The normalized spacial score (nSPS) is 10.2. The Morgan fingerprint density at radius 1 is 0.868 bits per heavy atom. The standard InChI is InChI=1S/C29H16N6O2S/c1-2-35-24-12-21(26-7-8-28(37-26)29-34-17-23(38-29)10-19(15-32)16-33)4-3-20(24)11-25(35)27-6-5-22(36-27)9-18(13-30)14-31/h3-12,17H,2H2,1H3. The smallest absolute Gasteiger partial charge is 0.163 e. The summed E-state index contributed by atoms with van der Waals surface area (Å²) >= 11 is 1.33. The van der Waals surface area contributed by atoms with Gasteiger partial charge in [0.25, 0.3) is 0 Å². The molecule has 180 valence electrons. The minimum atomic E-state index is -0.0242. The first-order chi connectivity index (χ1) is 18.6. The van der Waals surface area contributed by atoms with Crippen molar-refractivity contribution in [2.45, 2.75) is 13.5 Å². The third-order valence-electron chi connectivity index (χ3n) is 5.78. The lowest BCUT2D eigenvalue weighted by molar-refractivity contribution is 0.564. The average molecular weight is 513 g/mol. The molecule has 8 nitrogen and oxygen atoms in total. The van der Waals surface area contributed by atoms with Crippen molar-refractivity contribution in [1.29, 1.82) is 21.0 Å². The van der Waals surface area contributed by atoms with Crippen LogP contribution in [0.4, 0.5) is 0 Å². The van der Waals surface area contributed by atoms with Gasteiger partial charge in [0.1, 0.15) is 46.9 Å². The van der Waals surface area contributed by atoms with E-state index in [1.165, 1.54) is 23.5 Å². The van der Waals surface area contributed by atoms with E-state index in [-0.39, 0.29) is 11.1 Å². The summed E-state index contributed by atoms with van der Waals surface area (Å²) in [6.07, 6.45) is 4.53. The lowest BCUT2D eigenvalue weighted by Crippen LogP contribution is -1.95. The highest BCUT2D eigenvalue weighted by atomic mass is 32.1. The van der Waals surface area contributed by atoms with E-state index in [1.54, 1.807) is 12.3 Å². The summed E-state index contributed by atoms with van der Waals surface area (Å²) in [7, 11) is 0. The van der Waals surface area contributed by atoms with Crippen molar-refractivity contribution in [3.05, 3.63) is 76.5 Å². The number of nitrogens with zero attached hydrogens (tertiary/aromatic N) is 6. The van der Waals surface area contributed by atoms with Crippen LogP contribution in [0, 0.1) is 45.3 Å². The van der Waals surface area contributed by atoms with E-state index >= 15 is 0 Å². The first-order valence-corrected chi connectivity index (χ1v) is 12.2. The molecule has 0 aliphatic rings. The summed E-state index contributed by atoms with van der Waals surface area (Å²) in [5, 5.41) is 37.6. The fourth-order valence-corrected chi connectivity index (χ4v) is 4.88. The van der Waals surface area contributed by atoms with Gasteiger partial charge in [-0.15, -0.1) is 11.3 Å². The van der Waals surface area contributed by atoms with Gasteiger partial charge in [0.15, 0.2) is 16.5 Å². The molecule has 0 spiro atoms. The molecule has 1 aromatic carbocycles. The number of fused-ring (bicyclic) bond motifs is 1. The first kappa shape index (κ1) is 24.1. The maximum Gasteiger partial charge on any atom is 0.163 e. The largest absolute Gasteiger partial charge is 0.455 e. The van der Waals surface area contributed by atoms with Gasteiger partial charge in [-0.25, -0.2) is 4.98 Å². The molecule has 0 saturated carbocycles. The molecule has 0 radical (unpaired) electrons. The predicted molar refractivity (Wildman–Crippen MR) is 143 cm³/mol. The number of nitriles is 4. The van der Waals surface area contributed by atoms with Crippen LogP contribution < -0.4 is 0 Å². The Morgan fingerprint density at radius 3 is 2.32 bits per heavy atom. The Bertz CT molecular complexity index is 1890. The van der Waals surface area contributed by atoms with Crippen molar-refractivity contribution in [1.82, 2.24) is 9.55 Å². The molecule has 0 saturated heterocycles. The van der Waals surface area contributed by atoms with Gasteiger partial charge >= 0.3 is 0 Å². The SMILES string of the molecule is CCn1c(-c2ccc(C=C(C#N)C#N)o2)cc2ccc(-c3ccc(-c4ncc(C=C(C#N)C#N)s4)o3)cc21. The molecular weight excluding hydrogens is 496 g/mol. The highest BCUT2D eigenvalue weighted by Crippen LogP contribution is 2.35. The van der Waals surface area contributed by atoms with Crippen LogP contribution in [-0.2, 0) is 6.54 Å². The van der Waals surface area contributed by atoms with Crippen LogP contribution in [0.2, 0.25) is 0 Å². The average Bonchev–Trinajstić information content (AvgIpc) is 3.75. The number of rotatable bonds is 6. The molecular formula is C29H16N6O2S. The Hall–Kier alpha value is -5.61. The van der Waals surface area contributed by atoms with E-state index in [2.05, 4.69) is 15.6 Å². The highest BCUT2D eigenvalue weighted by Gasteiger charge is 2.16.